The van der Waals surface area contributed by atoms with Gasteiger partial charge in [0.05, 0.1) is 23.7 Å². The zero-order valence-electron chi connectivity index (χ0n) is 10.1. The molecule has 0 spiro atoms. The number of rotatable bonds is 3. The molecule has 0 saturated carbocycles. The van der Waals surface area contributed by atoms with Crippen LogP contribution in [0.5, 0.6) is 11.5 Å². The number of nitrogens with zero attached hydrogens (tertiary/aromatic N) is 2. The minimum Gasteiger partial charge on any atom is -0.493 e. The van der Waals surface area contributed by atoms with Crippen molar-refractivity contribution in [1.29, 1.82) is 0 Å². The van der Waals surface area contributed by atoms with Gasteiger partial charge in [0.15, 0.2) is 17.3 Å². The molecule has 0 aliphatic carbocycles. The first kappa shape index (κ1) is 14.4. The third-order valence-electron chi connectivity index (χ3n) is 2.43. The van der Waals surface area contributed by atoms with Crippen LogP contribution in [0, 0.1) is 0 Å². The van der Waals surface area contributed by atoms with Gasteiger partial charge in [-0.25, -0.2) is 9.97 Å². The summed E-state index contributed by atoms with van der Waals surface area (Å²) in [4.78, 5) is 8.34. The minimum absolute atomic E-state index is 0.316. The number of hydrogen-bond donors (Lipinski definition) is 0. The highest BCUT2D eigenvalue weighted by molar-refractivity contribution is 9.10. The van der Waals surface area contributed by atoms with Crippen molar-refractivity contribution in [3.63, 3.8) is 0 Å². The number of methoxy groups -OCH3 is 2. The van der Waals surface area contributed by atoms with Gasteiger partial charge in [-0.05, 0) is 28.1 Å². The predicted molar refractivity (Wildman–Crippen MR) is 78.3 cm³/mol. The van der Waals surface area contributed by atoms with Crippen LogP contribution >= 0.6 is 39.1 Å². The van der Waals surface area contributed by atoms with Crippen LogP contribution < -0.4 is 9.47 Å². The molecular weight excluding hydrogens is 355 g/mol. The molecule has 2 rings (SSSR count). The highest BCUT2D eigenvalue weighted by atomic mass is 79.9. The van der Waals surface area contributed by atoms with Crippen LogP contribution in [0.3, 0.4) is 0 Å². The zero-order chi connectivity index (χ0) is 14.0. The molecule has 2 aromatic rings. The maximum Gasteiger partial charge on any atom is 0.180 e. The summed E-state index contributed by atoms with van der Waals surface area (Å²) in [6.45, 7) is 0. The Kier molecular flexibility index (Phi) is 4.50. The van der Waals surface area contributed by atoms with Crippen molar-refractivity contribution in [2.24, 2.45) is 0 Å². The van der Waals surface area contributed by atoms with Crippen molar-refractivity contribution < 1.29 is 9.47 Å². The Bertz CT molecular complexity index is 623. The summed E-state index contributed by atoms with van der Waals surface area (Å²) in [5, 5.41) is 0.691. The van der Waals surface area contributed by atoms with Crippen LogP contribution in [-0.2, 0) is 0 Å². The molecule has 1 heterocycles. The molecule has 0 bridgehead atoms. The molecule has 0 fully saturated rings. The Balaban J connectivity index is 2.59. The van der Waals surface area contributed by atoms with Crippen molar-refractivity contribution in [2.75, 3.05) is 14.2 Å². The Hall–Kier alpha value is -1.04. The fraction of sp³-hybridized carbons (Fsp3) is 0.167. The summed E-state index contributed by atoms with van der Waals surface area (Å²) in [6, 6.07) is 3.49. The maximum atomic E-state index is 6.28. The fourth-order valence-electron chi connectivity index (χ4n) is 1.54. The first-order valence-electron chi connectivity index (χ1n) is 5.17. The zero-order valence-corrected chi connectivity index (χ0v) is 13.2. The number of aromatic nitrogens is 2. The first-order chi connectivity index (χ1) is 9.08. The molecular formula is C12H9BrCl2N2O2. The van der Waals surface area contributed by atoms with Crippen LogP contribution in [0.25, 0.3) is 11.4 Å². The summed E-state index contributed by atoms with van der Waals surface area (Å²) < 4.78 is 11.0. The predicted octanol–water partition coefficient (Wildman–Crippen LogP) is 4.23. The molecule has 0 saturated heterocycles. The van der Waals surface area contributed by atoms with Gasteiger partial charge in [-0.15, -0.1) is 0 Å². The maximum absolute atomic E-state index is 6.28. The van der Waals surface area contributed by atoms with Gasteiger partial charge >= 0.3 is 0 Å². The summed E-state index contributed by atoms with van der Waals surface area (Å²) >= 11 is 15.5. The van der Waals surface area contributed by atoms with Gasteiger partial charge in [-0.1, -0.05) is 23.2 Å². The number of benzene rings is 1. The molecule has 0 N–H and O–H groups in total. The van der Waals surface area contributed by atoms with Gasteiger partial charge in [0, 0.05) is 11.8 Å². The van der Waals surface area contributed by atoms with Gasteiger partial charge < -0.3 is 9.47 Å². The van der Waals surface area contributed by atoms with E-state index in [1.54, 1.807) is 25.4 Å². The highest BCUT2D eigenvalue weighted by Crippen LogP contribution is 2.41. The number of halogens is 3. The van der Waals surface area contributed by atoms with Crippen LogP contribution in [0.15, 0.2) is 22.8 Å². The van der Waals surface area contributed by atoms with E-state index in [1.165, 1.54) is 7.11 Å². The van der Waals surface area contributed by atoms with E-state index in [1.807, 2.05) is 0 Å². The lowest BCUT2D eigenvalue weighted by atomic mass is 10.2. The average Bonchev–Trinajstić information content (AvgIpc) is 2.41. The Morgan fingerprint density at radius 3 is 2.47 bits per heavy atom. The molecule has 1 aromatic carbocycles. The van der Waals surface area contributed by atoms with E-state index in [-0.39, 0.29) is 0 Å². The van der Waals surface area contributed by atoms with E-state index in [9.17, 15) is 0 Å². The molecule has 19 heavy (non-hydrogen) atoms. The van der Waals surface area contributed by atoms with E-state index in [0.29, 0.717) is 37.5 Å². The summed E-state index contributed by atoms with van der Waals surface area (Å²) in [7, 11) is 3.06. The lowest BCUT2D eigenvalue weighted by Gasteiger charge is -2.12. The fourth-order valence-corrected chi connectivity index (χ4v) is 2.18. The molecule has 100 valence electrons. The molecule has 0 amide bonds. The average molecular weight is 364 g/mol. The molecule has 1 aromatic heterocycles. The second-order valence-corrected chi connectivity index (χ2v) is 5.09. The standard InChI is InChI=1S/C12H9BrCl2N2O2/c1-18-8-4-3-6(9(14)10(8)19-2)12-16-5-7(13)11(15)17-12/h3-5H,1-2H3. The number of ether oxygens (including phenoxy) is 2. The quantitative estimate of drug-likeness (QED) is 0.765. The SMILES string of the molecule is COc1ccc(-c2ncc(Br)c(Cl)n2)c(Cl)c1OC. The van der Waals surface area contributed by atoms with Crippen molar-refractivity contribution in [1.82, 2.24) is 9.97 Å². The van der Waals surface area contributed by atoms with Crippen molar-refractivity contribution in [3.05, 3.63) is 33.0 Å². The third-order valence-corrected chi connectivity index (χ3v) is 3.90. The lowest BCUT2D eigenvalue weighted by Crippen LogP contribution is -1.95. The summed E-state index contributed by atoms with van der Waals surface area (Å²) in [5.74, 6) is 1.39. The topological polar surface area (TPSA) is 44.2 Å². The van der Waals surface area contributed by atoms with Gasteiger partial charge in [0.1, 0.15) is 5.15 Å². The second kappa shape index (κ2) is 5.94. The van der Waals surface area contributed by atoms with Crippen molar-refractivity contribution >= 4 is 39.1 Å². The van der Waals surface area contributed by atoms with Crippen molar-refractivity contribution in [2.45, 2.75) is 0 Å². The van der Waals surface area contributed by atoms with E-state index in [4.69, 9.17) is 32.7 Å². The lowest BCUT2D eigenvalue weighted by molar-refractivity contribution is 0.355. The van der Waals surface area contributed by atoms with Crippen molar-refractivity contribution in [3.8, 4) is 22.9 Å². The van der Waals surface area contributed by atoms with Crippen LogP contribution in [0.1, 0.15) is 0 Å². The molecule has 0 aliphatic heterocycles. The molecule has 0 unspecified atom stereocenters. The molecule has 0 atom stereocenters. The molecule has 0 radical (unpaired) electrons. The third kappa shape index (κ3) is 2.78. The van der Waals surface area contributed by atoms with Gasteiger partial charge in [0.25, 0.3) is 0 Å². The molecule has 0 aliphatic rings. The Labute approximate surface area is 128 Å². The van der Waals surface area contributed by atoms with E-state index < -0.39 is 0 Å². The number of hydrogen-bond acceptors (Lipinski definition) is 4. The normalized spacial score (nSPS) is 10.4. The smallest absolute Gasteiger partial charge is 0.180 e. The highest BCUT2D eigenvalue weighted by Gasteiger charge is 2.16. The largest absolute Gasteiger partial charge is 0.493 e. The molecule has 4 nitrogen and oxygen atoms in total. The van der Waals surface area contributed by atoms with Crippen LogP contribution in [0.2, 0.25) is 10.2 Å². The summed E-state index contributed by atoms with van der Waals surface area (Å²) in [5.41, 5.74) is 0.619. The van der Waals surface area contributed by atoms with E-state index in [2.05, 4.69) is 25.9 Å². The first-order valence-corrected chi connectivity index (χ1v) is 6.72. The van der Waals surface area contributed by atoms with Gasteiger partial charge in [-0.3, -0.25) is 0 Å². The summed E-state index contributed by atoms with van der Waals surface area (Å²) in [6.07, 6.45) is 1.57. The Morgan fingerprint density at radius 1 is 1.16 bits per heavy atom. The Morgan fingerprint density at radius 2 is 1.89 bits per heavy atom. The van der Waals surface area contributed by atoms with E-state index in [0.717, 1.165) is 0 Å². The van der Waals surface area contributed by atoms with E-state index >= 15 is 0 Å². The second-order valence-electron chi connectivity index (χ2n) is 3.49. The van der Waals surface area contributed by atoms with Crippen LogP contribution in [0.4, 0.5) is 0 Å². The monoisotopic (exact) mass is 362 g/mol. The van der Waals surface area contributed by atoms with Crippen LogP contribution in [-0.4, -0.2) is 24.2 Å². The van der Waals surface area contributed by atoms with Gasteiger partial charge in [-0.2, -0.15) is 0 Å². The minimum atomic E-state index is 0.316. The van der Waals surface area contributed by atoms with Gasteiger partial charge in [0.2, 0.25) is 0 Å². The molecule has 7 heteroatoms.